The average molecular weight is 545 g/mol. The Labute approximate surface area is 227 Å². The van der Waals surface area contributed by atoms with Crippen LogP contribution in [0.5, 0.6) is 0 Å². The van der Waals surface area contributed by atoms with Gasteiger partial charge in [-0.1, -0.05) is 24.3 Å². The van der Waals surface area contributed by atoms with Crippen LogP contribution in [0.2, 0.25) is 0 Å². The van der Waals surface area contributed by atoms with Crippen LogP contribution in [0.4, 0.5) is 0 Å². The highest BCUT2D eigenvalue weighted by Gasteiger charge is 2.54. The smallest absolute Gasteiger partial charge is 0.327 e. The van der Waals surface area contributed by atoms with Crippen molar-refractivity contribution in [3.05, 3.63) is 24.3 Å². The number of cyclic esters (lactones) is 2. The molecular formula is C28H48O10. The van der Waals surface area contributed by atoms with Gasteiger partial charge in [0.05, 0.1) is 12.2 Å². The summed E-state index contributed by atoms with van der Waals surface area (Å²) in [5.74, 6) is -2.69. The fourth-order valence-corrected chi connectivity index (χ4v) is 3.99. The van der Waals surface area contributed by atoms with E-state index in [-0.39, 0.29) is 12.8 Å². The topological polar surface area (TPSA) is 130 Å². The van der Waals surface area contributed by atoms with E-state index < -0.39 is 47.9 Å². The first kappa shape index (κ1) is 34.2. The quantitative estimate of drug-likeness (QED) is 0.101. The number of allylic oxidation sites excluding steroid dienone is 2. The first-order valence-corrected chi connectivity index (χ1v) is 13.6. The van der Waals surface area contributed by atoms with Crippen molar-refractivity contribution >= 4 is 11.9 Å². The minimum absolute atomic E-state index is 0.0391. The van der Waals surface area contributed by atoms with Crippen molar-refractivity contribution < 1.29 is 48.2 Å². The van der Waals surface area contributed by atoms with E-state index in [4.69, 9.17) is 28.4 Å². The third kappa shape index (κ3) is 11.9. The summed E-state index contributed by atoms with van der Waals surface area (Å²) >= 11 is 0. The van der Waals surface area contributed by atoms with Crippen LogP contribution in [0, 0.1) is 5.41 Å². The van der Waals surface area contributed by atoms with E-state index in [1.807, 2.05) is 27.7 Å². The van der Waals surface area contributed by atoms with Gasteiger partial charge in [-0.2, -0.15) is 0 Å². The van der Waals surface area contributed by atoms with E-state index in [9.17, 15) is 19.8 Å². The number of aliphatic hydroxyl groups is 2. The minimum Gasteiger partial charge on any atom is -0.422 e. The van der Waals surface area contributed by atoms with E-state index in [0.29, 0.717) is 52.1 Å². The number of esters is 2. The molecule has 0 amide bonds. The number of ether oxygens (including phenoxy) is 6. The van der Waals surface area contributed by atoms with Gasteiger partial charge in [0.1, 0.15) is 0 Å². The van der Waals surface area contributed by atoms with Gasteiger partial charge >= 0.3 is 11.9 Å². The van der Waals surface area contributed by atoms with Crippen molar-refractivity contribution in [1.82, 2.24) is 0 Å². The van der Waals surface area contributed by atoms with Crippen LogP contribution in [0.3, 0.4) is 0 Å². The van der Waals surface area contributed by atoms with Crippen molar-refractivity contribution in [2.75, 3.05) is 26.4 Å². The number of aliphatic hydroxyl groups excluding tert-OH is 2. The van der Waals surface area contributed by atoms with E-state index in [0.717, 1.165) is 0 Å². The van der Waals surface area contributed by atoms with Gasteiger partial charge in [0.25, 0.3) is 5.79 Å². The highest BCUT2D eigenvalue weighted by atomic mass is 16.7. The largest absolute Gasteiger partial charge is 0.422 e. The Morgan fingerprint density at radius 1 is 0.684 bits per heavy atom. The van der Waals surface area contributed by atoms with Crippen molar-refractivity contribution in [1.29, 1.82) is 0 Å². The molecule has 220 valence electrons. The third-order valence-electron chi connectivity index (χ3n) is 5.88. The zero-order chi connectivity index (χ0) is 28.6. The van der Waals surface area contributed by atoms with Crippen LogP contribution in [0.15, 0.2) is 24.3 Å². The lowest BCUT2D eigenvalue weighted by molar-refractivity contribution is -0.250. The van der Waals surface area contributed by atoms with Gasteiger partial charge in [0, 0.05) is 53.1 Å². The summed E-state index contributed by atoms with van der Waals surface area (Å²) in [6.45, 7) is 12.3. The van der Waals surface area contributed by atoms with Crippen LogP contribution >= 0.6 is 0 Å². The van der Waals surface area contributed by atoms with Crippen molar-refractivity contribution in [2.45, 2.75) is 111 Å². The standard InChI is InChI=1S/C28H48O10/c1-7-33-23(34-8-2)19-21(29)15-11-13-17-28(25(31)37-27(5,6)38-26(28)32)18-14-12-16-22(30)20-24(35-9-3)36-10-4/h11-14,21-24,29-30H,7-10,15-20H2,1-6H3/b13-11+,14-12+. The number of hydrogen-bond acceptors (Lipinski definition) is 10. The van der Waals surface area contributed by atoms with Crippen molar-refractivity contribution in [3.63, 3.8) is 0 Å². The molecule has 10 nitrogen and oxygen atoms in total. The lowest BCUT2D eigenvalue weighted by Gasteiger charge is -2.39. The van der Waals surface area contributed by atoms with Crippen LogP contribution in [-0.4, -0.2) is 79.2 Å². The predicted molar refractivity (Wildman–Crippen MR) is 141 cm³/mol. The fourth-order valence-electron chi connectivity index (χ4n) is 3.99. The first-order chi connectivity index (χ1) is 18.0. The Kier molecular flexibility index (Phi) is 15.9. The van der Waals surface area contributed by atoms with Gasteiger partial charge in [-0.3, -0.25) is 9.59 Å². The van der Waals surface area contributed by atoms with Gasteiger partial charge in [-0.15, -0.1) is 0 Å². The molecule has 1 fully saturated rings. The predicted octanol–water partition coefficient (Wildman–Crippen LogP) is 3.78. The highest BCUT2D eigenvalue weighted by molar-refractivity contribution is 6.02. The molecule has 1 aliphatic rings. The summed E-state index contributed by atoms with van der Waals surface area (Å²) in [6.07, 6.45) is 5.64. The second kappa shape index (κ2) is 17.7. The van der Waals surface area contributed by atoms with Crippen molar-refractivity contribution in [2.24, 2.45) is 5.41 Å². The lowest BCUT2D eigenvalue weighted by atomic mass is 9.79. The zero-order valence-electron chi connectivity index (χ0n) is 23.9. The molecule has 0 spiro atoms. The lowest BCUT2D eigenvalue weighted by Crippen LogP contribution is -2.53. The maximum absolute atomic E-state index is 13.0. The molecule has 0 radical (unpaired) electrons. The molecule has 1 rings (SSSR count). The first-order valence-electron chi connectivity index (χ1n) is 13.6. The second-order valence-electron chi connectivity index (χ2n) is 9.54. The SMILES string of the molecule is CCOC(CC(O)C/C=C/CC1(C/C=C/CC(O)CC(OCC)OCC)C(=O)OC(C)(C)OC1=O)OCC. The van der Waals surface area contributed by atoms with Crippen LogP contribution in [0.1, 0.15) is 80.1 Å². The Balaban J connectivity index is 2.83. The van der Waals surface area contributed by atoms with Gasteiger partial charge in [-0.05, 0) is 53.4 Å². The molecule has 2 atom stereocenters. The Hall–Kier alpha value is -1.82. The molecule has 1 aliphatic heterocycles. The third-order valence-corrected chi connectivity index (χ3v) is 5.88. The molecule has 0 aromatic rings. The molecule has 0 bridgehead atoms. The molecule has 0 aromatic carbocycles. The summed E-state index contributed by atoms with van der Waals surface area (Å²) in [5.41, 5.74) is -1.56. The summed E-state index contributed by atoms with van der Waals surface area (Å²) in [6, 6.07) is 0. The monoisotopic (exact) mass is 544 g/mol. The number of rotatable bonds is 20. The van der Waals surface area contributed by atoms with Gasteiger partial charge in [0.2, 0.25) is 0 Å². The molecule has 2 unspecified atom stereocenters. The maximum atomic E-state index is 13.0. The van der Waals surface area contributed by atoms with Crippen molar-refractivity contribution in [3.8, 4) is 0 Å². The maximum Gasteiger partial charge on any atom is 0.327 e. The molecule has 2 N–H and O–H groups in total. The number of hydrogen-bond donors (Lipinski definition) is 2. The van der Waals surface area contributed by atoms with E-state index in [1.54, 1.807) is 24.3 Å². The Morgan fingerprint density at radius 2 is 1.03 bits per heavy atom. The number of carbonyl (C=O) groups is 2. The fraction of sp³-hybridized carbons (Fsp3) is 0.786. The molecule has 0 aliphatic carbocycles. The summed E-state index contributed by atoms with van der Waals surface area (Å²) in [5, 5.41) is 20.7. The average Bonchev–Trinajstić information content (AvgIpc) is 2.82. The minimum atomic E-state index is -1.56. The van der Waals surface area contributed by atoms with E-state index in [1.165, 1.54) is 13.8 Å². The zero-order valence-corrected chi connectivity index (χ0v) is 23.9. The highest BCUT2D eigenvalue weighted by Crippen LogP contribution is 2.39. The molecule has 38 heavy (non-hydrogen) atoms. The molecular weight excluding hydrogens is 496 g/mol. The van der Waals surface area contributed by atoms with Gasteiger partial charge in [0.15, 0.2) is 18.0 Å². The van der Waals surface area contributed by atoms with Gasteiger partial charge < -0.3 is 38.6 Å². The van der Waals surface area contributed by atoms with Crippen LogP contribution in [-0.2, 0) is 38.0 Å². The molecule has 0 aromatic heterocycles. The van der Waals surface area contributed by atoms with Crippen LogP contribution in [0.25, 0.3) is 0 Å². The van der Waals surface area contributed by atoms with E-state index >= 15 is 0 Å². The Bertz CT molecular complexity index is 676. The number of carbonyl (C=O) groups excluding carboxylic acids is 2. The van der Waals surface area contributed by atoms with E-state index in [2.05, 4.69) is 0 Å². The molecule has 1 heterocycles. The van der Waals surface area contributed by atoms with Crippen LogP contribution < -0.4 is 0 Å². The molecule has 10 heteroatoms. The summed E-state index contributed by atoms with van der Waals surface area (Å²) < 4.78 is 32.7. The summed E-state index contributed by atoms with van der Waals surface area (Å²) in [7, 11) is 0. The summed E-state index contributed by atoms with van der Waals surface area (Å²) in [4.78, 5) is 26.0. The van der Waals surface area contributed by atoms with Gasteiger partial charge in [-0.25, -0.2) is 0 Å². The second-order valence-corrected chi connectivity index (χ2v) is 9.54. The molecule has 0 saturated carbocycles. The Morgan fingerprint density at radius 3 is 1.34 bits per heavy atom. The molecule has 1 saturated heterocycles. The normalized spacial score (nSPS) is 18.9.